The molecule has 0 aromatic rings. The molecule has 0 aromatic heterocycles. The molecule has 0 aromatic carbocycles. The first-order valence-corrected chi connectivity index (χ1v) is 37.8. The van der Waals surface area contributed by atoms with Crippen LogP contribution in [0.4, 0.5) is 0 Å². The summed E-state index contributed by atoms with van der Waals surface area (Å²) in [6.45, 7) is 4.70. The lowest BCUT2D eigenvalue weighted by Crippen LogP contribution is -2.45. The minimum absolute atomic E-state index is 0.000848. The van der Waals surface area contributed by atoms with E-state index >= 15 is 0 Å². The highest BCUT2D eigenvalue weighted by atomic mass is 31.2. The maximum absolute atomic E-state index is 13.0. The second kappa shape index (κ2) is 64.2. The first kappa shape index (κ1) is 80.7. The van der Waals surface area contributed by atoms with Gasteiger partial charge in [-0.05, 0) is 51.4 Å². The molecule has 0 fully saturated rings. The molecule has 3 unspecified atom stereocenters. The van der Waals surface area contributed by atoms with Crippen LogP contribution in [-0.2, 0) is 18.4 Å². The number of hydrogen-bond acceptors (Lipinski definition) is 6. The number of hydrogen-bond donors (Lipinski definition) is 2. The molecule has 82 heavy (non-hydrogen) atoms. The van der Waals surface area contributed by atoms with Crippen molar-refractivity contribution in [1.29, 1.82) is 0 Å². The van der Waals surface area contributed by atoms with Gasteiger partial charge in [-0.3, -0.25) is 9.36 Å². The summed E-state index contributed by atoms with van der Waals surface area (Å²) in [4.78, 5) is 25.7. The van der Waals surface area contributed by atoms with Crippen LogP contribution in [0.25, 0.3) is 0 Å². The van der Waals surface area contributed by atoms with Gasteiger partial charge in [0.2, 0.25) is 5.91 Å². The fourth-order valence-electron chi connectivity index (χ4n) is 11.2. The number of nitrogens with zero attached hydrogens (tertiary/aromatic N) is 1. The molecule has 1 amide bonds. The lowest BCUT2D eigenvalue weighted by molar-refractivity contribution is -0.870. The Morgan fingerprint density at radius 3 is 1.01 bits per heavy atom. The number of aliphatic hydroxyl groups is 1. The fraction of sp³-hybridized carbons (Fsp3) is 0.904. The molecule has 0 aliphatic rings. The lowest BCUT2D eigenvalue weighted by atomic mass is 10.0. The summed E-state index contributed by atoms with van der Waals surface area (Å²) in [5, 5.41) is 14.0. The monoisotopic (exact) mass is 1180 g/mol. The Balaban J connectivity index is 4.03. The summed E-state index contributed by atoms with van der Waals surface area (Å²) in [5.74, 6) is -0.190. The molecule has 0 spiro atoms. The Morgan fingerprint density at radius 2 is 0.707 bits per heavy atom. The number of amides is 1. The predicted octanol–water partition coefficient (Wildman–Crippen LogP) is 22.6. The van der Waals surface area contributed by atoms with Gasteiger partial charge in [-0.2, -0.15) is 0 Å². The Hall–Kier alpha value is -1.28. The number of likely N-dealkylation sites (N-methyl/N-ethyl adjacent to an activating group) is 1. The number of carbonyl (C=O) groups excluding carboxylic acids is 1. The smallest absolute Gasteiger partial charge is 0.268 e. The van der Waals surface area contributed by atoms with Crippen molar-refractivity contribution in [2.75, 3.05) is 40.9 Å². The van der Waals surface area contributed by atoms with Crippen LogP contribution >= 0.6 is 7.82 Å². The molecule has 0 heterocycles. The zero-order valence-corrected chi connectivity index (χ0v) is 56.6. The maximum atomic E-state index is 13.0. The molecule has 0 bridgehead atoms. The second-order valence-corrected chi connectivity index (χ2v) is 27.7. The van der Waals surface area contributed by atoms with Crippen molar-refractivity contribution in [1.82, 2.24) is 5.32 Å². The predicted molar refractivity (Wildman–Crippen MR) is 358 cm³/mol. The number of allylic oxidation sites excluding steroid dienone is 5. The van der Waals surface area contributed by atoms with Crippen LogP contribution in [0.15, 0.2) is 36.5 Å². The van der Waals surface area contributed by atoms with Crippen LogP contribution in [0.3, 0.4) is 0 Å². The molecule has 0 radical (unpaired) electrons. The molecular formula is C73H143N2O6P. The van der Waals surface area contributed by atoms with E-state index in [0.29, 0.717) is 17.4 Å². The zero-order valence-electron chi connectivity index (χ0n) is 55.7. The van der Waals surface area contributed by atoms with E-state index in [0.717, 1.165) is 44.9 Å². The van der Waals surface area contributed by atoms with Crippen LogP contribution in [0.1, 0.15) is 373 Å². The third-order valence-corrected chi connectivity index (χ3v) is 17.8. The van der Waals surface area contributed by atoms with Crippen LogP contribution in [0, 0.1) is 0 Å². The third kappa shape index (κ3) is 66.2. The average Bonchev–Trinajstić information content (AvgIpc) is 3.47. The zero-order chi connectivity index (χ0) is 59.8. The van der Waals surface area contributed by atoms with E-state index in [1.807, 2.05) is 27.2 Å². The van der Waals surface area contributed by atoms with Crippen molar-refractivity contribution in [3.05, 3.63) is 36.5 Å². The van der Waals surface area contributed by atoms with Crippen molar-refractivity contribution in [3.63, 3.8) is 0 Å². The summed E-state index contributed by atoms with van der Waals surface area (Å²) in [6, 6.07) is -0.887. The SMILES string of the molecule is CCCCCCC/C=C\C/C=C\CCCCCCCCCCCCCCCCCCCC(=O)NC(COP(=O)([O-])OCC[N+](C)(C)C)C(O)/C=C/CCCCCCCCCCCCCCCCCCCCCCCCCCCCCCC. The van der Waals surface area contributed by atoms with E-state index in [2.05, 4.69) is 43.5 Å². The minimum atomic E-state index is -4.60. The second-order valence-electron chi connectivity index (χ2n) is 26.3. The molecular weight excluding hydrogens is 1030 g/mol. The lowest BCUT2D eigenvalue weighted by Gasteiger charge is -2.29. The van der Waals surface area contributed by atoms with Crippen molar-refractivity contribution in [2.24, 2.45) is 0 Å². The molecule has 3 atom stereocenters. The van der Waals surface area contributed by atoms with Gasteiger partial charge >= 0.3 is 0 Å². The molecule has 8 nitrogen and oxygen atoms in total. The summed E-state index contributed by atoms with van der Waals surface area (Å²) in [6.07, 6.45) is 85.6. The van der Waals surface area contributed by atoms with Gasteiger partial charge in [-0.15, -0.1) is 0 Å². The first-order valence-electron chi connectivity index (χ1n) is 36.4. The molecule has 0 saturated heterocycles. The Bertz CT molecular complexity index is 1430. The van der Waals surface area contributed by atoms with Gasteiger partial charge in [-0.1, -0.05) is 352 Å². The molecule has 2 N–H and O–H groups in total. The third-order valence-electron chi connectivity index (χ3n) is 16.8. The normalized spacial score (nSPS) is 13.8. The number of carbonyl (C=O) groups is 1. The summed E-state index contributed by atoms with van der Waals surface area (Å²) >= 11 is 0. The number of quaternary nitrogens is 1. The number of rotatable bonds is 68. The number of unbranched alkanes of at least 4 members (excludes halogenated alkanes) is 51. The quantitative estimate of drug-likeness (QED) is 0.0272. The van der Waals surface area contributed by atoms with Gasteiger partial charge in [0, 0.05) is 6.42 Å². The van der Waals surface area contributed by atoms with Crippen LogP contribution in [0.2, 0.25) is 0 Å². The van der Waals surface area contributed by atoms with Gasteiger partial charge in [0.05, 0.1) is 39.9 Å². The van der Waals surface area contributed by atoms with Crippen molar-refractivity contribution >= 4 is 13.7 Å². The van der Waals surface area contributed by atoms with Gasteiger partial charge in [0.1, 0.15) is 13.2 Å². The Kier molecular flexibility index (Phi) is 63.2. The molecule has 0 aliphatic heterocycles. The number of phosphoric acid groups is 1. The minimum Gasteiger partial charge on any atom is -0.756 e. The van der Waals surface area contributed by atoms with Crippen molar-refractivity contribution in [2.45, 2.75) is 386 Å². The van der Waals surface area contributed by atoms with Crippen molar-refractivity contribution in [3.8, 4) is 0 Å². The molecule has 0 saturated carbocycles. The molecule has 486 valence electrons. The summed E-state index contributed by atoms with van der Waals surface area (Å²) in [7, 11) is 1.28. The highest BCUT2D eigenvalue weighted by molar-refractivity contribution is 7.45. The molecule has 9 heteroatoms. The first-order chi connectivity index (χ1) is 40.0. The maximum Gasteiger partial charge on any atom is 0.268 e. The van der Waals surface area contributed by atoms with Gasteiger partial charge in [-0.25, -0.2) is 0 Å². The van der Waals surface area contributed by atoms with E-state index in [9.17, 15) is 19.4 Å². The highest BCUT2D eigenvalue weighted by Gasteiger charge is 2.23. The van der Waals surface area contributed by atoms with E-state index in [-0.39, 0.29) is 19.1 Å². The largest absolute Gasteiger partial charge is 0.756 e. The fourth-order valence-corrected chi connectivity index (χ4v) is 11.9. The Morgan fingerprint density at radius 1 is 0.427 bits per heavy atom. The average molecular weight is 1180 g/mol. The van der Waals surface area contributed by atoms with E-state index < -0.39 is 20.0 Å². The van der Waals surface area contributed by atoms with Crippen LogP contribution in [-0.4, -0.2) is 68.5 Å². The van der Waals surface area contributed by atoms with Gasteiger partial charge in [0.15, 0.2) is 0 Å². The Labute approximate surface area is 512 Å². The van der Waals surface area contributed by atoms with Gasteiger partial charge < -0.3 is 28.8 Å². The van der Waals surface area contributed by atoms with Crippen molar-refractivity contribution < 1.29 is 32.9 Å². The number of aliphatic hydroxyl groups excluding tert-OH is 1. The number of nitrogens with one attached hydrogen (secondary N) is 1. The molecule has 0 rings (SSSR count). The van der Waals surface area contributed by atoms with E-state index in [1.165, 1.54) is 308 Å². The standard InChI is InChI=1S/C73H143N2O6P/c1-6-8-10-12-14-16-18-20-22-24-26-28-30-32-34-36-37-39-40-42-44-46-48-50-52-54-56-58-60-62-64-66-72(76)71(70-81-82(78,79)80-69-68-75(3,4)5)74-73(77)67-65-63-61-59-57-55-53-51-49-47-45-43-41-38-35-33-31-29-27-25-23-21-19-17-15-13-11-9-7-2/h19,21,25,27,64,66,71-72,76H,6-18,20,22-24,26,28-63,65,67-70H2,1-5H3,(H-,74,77,78,79)/b21-19-,27-25-,66-64+. The van der Waals surface area contributed by atoms with Crippen LogP contribution < -0.4 is 10.2 Å². The highest BCUT2D eigenvalue weighted by Crippen LogP contribution is 2.38. The topological polar surface area (TPSA) is 108 Å². The molecule has 0 aliphatic carbocycles. The van der Waals surface area contributed by atoms with E-state index in [4.69, 9.17) is 9.05 Å². The summed E-state index contributed by atoms with van der Waals surface area (Å²) in [5.41, 5.74) is 0. The van der Waals surface area contributed by atoms with Crippen LogP contribution in [0.5, 0.6) is 0 Å². The summed E-state index contributed by atoms with van der Waals surface area (Å²) < 4.78 is 23.5. The van der Waals surface area contributed by atoms with E-state index in [1.54, 1.807) is 6.08 Å². The number of phosphoric ester groups is 1. The van der Waals surface area contributed by atoms with Gasteiger partial charge in [0.25, 0.3) is 7.82 Å².